The number of aryl methyl sites for hydroxylation is 2. The third-order valence-corrected chi connectivity index (χ3v) is 4.55. The molecule has 3 aliphatic heterocycles. The predicted molar refractivity (Wildman–Crippen MR) is 78.3 cm³/mol. The molecule has 1 unspecified atom stereocenters. The van der Waals surface area contributed by atoms with Crippen LogP contribution in [0.15, 0.2) is 23.4 Å². The summed E-state index contributed by atoms with van der Waals surface area (Å²) in [5, 5.41) is 4.78. The first-order chi connectivity index (χ1) is 9.87. The van der Waals surface area contributed by atoms with Crippen LogP contribution in [0, 0.1) is 13.8 Å². The van der Waals surface area contributed by atoms with E-state index >= 15 is 0 Å². The Kier molecular flexibility index (Phi) is 1.98. The standard InChI is InChI=1S/C15H16N4O2/c1-7-5-11-12(6-8(7)2)19-15(18(11)10(4)20)13(9(3)17-19)14(21)16-15/h5-6,17H,1-4H3,(H,16,21). The van der Waals surface area contributed by atoms with Crippen LogP contribution in [0.3, 0.4) is 0 Å². The molecule has 1 saturated heterocycles. The van der Waals surface area contributed by atoms with E-state index < -0.39 is 5.79 Å². The molecular weight excluding hydrogens is 268 g/mol. The first-order valence-corrected chi connectivity index (χ1v) is 6.90. The van der Waals surface area contributed by atoms with Gasteiger partial charge in [0.15, 0.2) is 0 Å². The minimum atomic E-state index is -0.893. The average molecular weight is 284 g/mol. The number of rotatable bonds is 0. The Balaban J connectivity index is 2.00. The van der Waals surface area contributed by atoms with Crippen LogP contribution in [0.5, 0.6) is 0 Å². The van der Waals surface area contributed by atoms with Crippen molar-refractivity contribution in [3.05, 3.63) is 34.5 Å². The average Bonchev–Trinajstić information content (AvgIpc) is 2.75. The molecule has 3 aliphatic rings. The molecule has 4 rings (SSSR count). The van der Waals surface area contributed by atoms with E-state index in [1.54, 1.807) is 4.90 Å². The number of carbonyl (C=O) groups is 2. The van der Waals surface area contributed by atoms with E-state index in [2.05, 4.69) is 10.7 Å². The number of anilines is 2. The van der Waals surface area contributed by atoms with Crippen molar-refractivity contribution < 1.29 is 9.59 Å². The second-order valence-electron chi connectivity index (χ2n) is 5.85. The maximum absolute atomic E-state index is 12.2. The lowest BCUT2D eigenvalue weighted by molar-refractivity contribution is -0.126. The van der Waals surface area contributed by atoms with Gasteiger partial charge >= 0.3 is 0 Å². The normalized spacial score (nSPS) is 25.0. The summed E-state index contributed by atoms with van der Waals surface area (Å²) in [5.74, 6) is -1.12. The lowest BCUT2D eigenvalue weighted by atomic mass is 9.96. The lowest BCUT2D eigenvalue weighted by Gasteiger charge is -2.46. The largest absolute Gasteiger partial charge is 0.306 e. The molecule has 0 bridgehead atoms. The SMILES string of the molecule is CC(=O)N1c2cc(C)c(C)cc2N2NC(C)=C3C(=O)NC321. The Morgan fingerprint density at radius 1 is 1.14 bits per heavy atom. The summed E-state index contributed by atoms with van der Waals surface area (Å²) < 4.78 is 0. The summed E-state index contributed by atoms with van der Waals surface area (Å²) >= 11 is 0. The molecule has 1 atom stereocenters. The number of amides is 2. The summed E-state index contributed by atoms with van der Waals surface area (Å²) in [6.45, 7) is 7.43. The Hall–Kier alpha value is -2.50. The van der Waals surface area contributed by atoms with Gasteiger partial charge in [0, 0.05) is 12.6 Å². The number of β-lactam (4-membered cyclic amide) rings is 1. The highest BCUT2D eigenvalue weighted by Crippen LogP contribution is 2.53. The summed E-state index contributed by atoms with van der Waals surface area (Å²) in [6.07, 6.45) is 0. The number of hydrazine groups is 1. The van der Waals surface area contributed by atoms with Gasteiger partial charge in [0.05, 0.1) is 11.4 Å². The van der Waals surface area contributed by atoms with Crippen molar-refractivity contribution in [2.24, 2.45) is 0 Å². The van der Waals surface area contributed by atoms with Gasteiger partial charge in [0.2, 0.25) is 5.91 Å². The minimum absolute atomic E-state index is 0.101. The highest BCUT2D eigenvalue weighted by atomic mass is 16.2. The van der Waals surface area contributed by atoms with Gasteiger partial charge in [-0.25, -0.2) is 5.01 Å². The first kappa shape index (κ1) is 12.3. The fourth-order valence-corrected chi connectivity index (χ4v) is 3.50. The van der Waals surface area contributed by atoms with Gasteiger partial charge in [-0.2, -0.15) is 0 Å². The summed E-state index contributed by atoms with van der Waals surface area (Å²) in [5.41, 5.74) is 8.61. The maximum atomic E-state index is 12.2. The number of allylic oxidation sites excluding steroid dienone is 1. The number of hydrogen-bond acceptors (Lipinski definition) is 4. The minimum Gasteiger partial charge on any atom is -0.306 e. The van der Waals surface area contributed by atoms with Gasteiger partial charge in [-0.1, -0.05) is 0 Å². The Morgan fingerprint density at radius 3 is 2.33 bits per heavy atom. The molecule has 2 N–H and O–H groups in total. The van der Waals surface area contributed by atoms with Crippen LogP contribution in [0.2, 0.25) is 0 Å². The highest BCUT2D eigenvalue weighted by Gasteiger charge is 2.67. The maximum Gasteiger partial charge on any atom is 0.259 e. The van der Waals surface area contributed by atoms with Crippen molar-refractivity contribution in [1.29, 1.82) is 0 Å². The van der Waals surface area contributed by atoms with Crippen LogP contribution in [-0.4, -0.2) is 17.6 Å². The van der Waals surface area contributed by atoms with Crippen molar-refractivity contribution in [3.63, 3.8) is 0 Å². The molecule has 1 aromatic rings. The fourth-order valence-electron chi connectivity index (χ4n) is 3.50. The second kappa shape index (κ2) is 3.39. The van der Waals surface area contributed by atoms with Gasteiger partial charge in [-0.3, -0.25) is 19.9 Å². The van der Waals surface area contributed by atoms with Crippen LogP contribution in [-0.2, 0) is 9.59 Å². The molecule has 0 saturated carbocycles. The van der Waals surface area contributed by atoms with Gasteiger partial charge < -0.3 is 5.32 Å². The lowest BCUT2D eigenvalue weighted by Crippen LogP contribution is -2.77. The quantitative estimate of drug-likeness (QED) is 0.699. The first-order valence-electron chi connectivity index (χ1n) is 6.90. The molecule has 1 spiro atoms. The zero-order chi connectivity index (χ0) is 15.1. The van der Waals surface area contributed by atoms with E-state index in [1.807, 2.05) is 37.9 Å². The molecule has 108 valence electrons. The van der Waals surface area contributed by atoms with Gasteiger partial charge in [0.25, 0.3) is 11.7 Å². The molecule has 1 aromatic carbocycles. The molecular formula is C15H16N4O2. The van der Waals surface area contributed by atoms with Gasteiger partial charge in [-0.05, 0) is 44.0 Å². The number of benzene rings is 1. The van der Waals surface area contributed by atoms with Gasteiger partial charge in [-0.15, -0.1) is 0 Å². The second-order valence-corrected chi connectivity index (χ2v) is 5.85. The van der Waals surface area contributed by atoms with E-state index in [1.165, 1.54) is 6.92 Å². The van der Waals surface area contributed by atoms with Crippen molar-refractivity contribution in [3.8, 4) is 0 Å². The molecule has 0 aromatic heterocycles. The van der Waals surface area contributed by atoms with E-state index in [4.69, 9.17) is 0 Å². The van der Waals surface area contributed by atoms with Crippen molar-refractivity contribution in [2.75, 3.05) is 9.91 Å². The van der Waals surface area contributed by atoms with E-state index in [0.29, 0.717) is 5.57 Å². The van der Waals surface area contributed by atoms with Crippen LogP contribution < -0.4 is 20.7 Å². The molecule has 21 heavy (non-hydrogen) atoms. The smallest absolute Gasteiger partial charge is 0.259 e. The highest BCUT2D eigenvalue weighted by molar-refractivity contribution is 6.15. The number of hydrogen-bond donors (Lipinski definition) is 2. The zero-order valence-corrected chi connectivity index (χ0v) is 12.4. The molecule has 6 heteroatoms. The number of fused-ring (bicyclic) bond motifs is 2. The molecule has 0 aliphatic carbocycles. The Morgan fingerprint density at radius 2 is 1.76 bits per heavy atom. The third kappa shape index (κ3) is 1.15. The summed E-state index contributed by atoms with van der Waals surface area (Å²) in [6, 6.07) is 4.04. The van der Waals surface area contributed by atoms with Crippen LogP contribution in [0.1, 0.15) is 25.0 Å². The number of nitrogens with one attached hydrogen (secondary N) is 2. The molecule has 2 amide bonds. The van der Waals surface area contributed by atoms with Crippen molar-refractivity contribution in [2.45, 2.75) is 33.5 Å². The van der Waals surface area contributed by atoms with Crippen LogP contribution in [0.25, 0.3) is 0 Å². The monoisotopic (exact) mass is 284 g/mol. The number of carbonyl (C=O) groups excluding carboxylic acids is 2. The topological polar surface area (TPSA) is 64.7 Å². The fraction of sp³-hybridized carbons (Fsp3) is 0.333. The third-order valence-electron chi connectivity index (χ3n) is 4.55. The van der Waals surface area contributed by atoms with E-state index in [-0.39, 0.29) is 11.8 Å². The Bertz CT molecular complexity index is 767. The summed E-state index contributed by atoms with van der Waals surface area (Å²) in [7, 11) is 0. The van der Waals surface area contributed by atoms with Crippen LogP contribution in [0.4, 0.5) is 11.4 Å². The molecule has 0 radical (unpaired) electrons. The van der Waals surface area contributed by atoms with Crippen LogP contribution >= 0.6 is 0 Å². The summed E-state index contributed by atoms with van der Waals surface area (Å²) in [4.78, 5) is 25.8. The zero-order valence-electron chi connectivity index (χ0n) is 12.4. The predicted octanol–water partition coefficient (Wildman–Crippen LogP) is 1.05. The van der Waals surface area contributed by atoms with E-state index in [9.17, 15) is 9.59 Å². The molecule has 6 nitrogen and oxygen atoms in total. The number of nitrogens with zero attached hydrogens (tertiary/aromatic N) is 2. The molecule has 1 fully saturated rings. The Labute approximate surface area is 122 Å². The van der Waals surface area contributed by atoms with Crippen molar-refractivity contribution in [1.82, 2.24) is 10.7 Å². The molecule has 3 heterocycles. The van der Waals surface area contributed by atoms with E-state index in [0.717, 1.165) is 28.2 Å². The van der Waals surface area contributed by atoms with Gasteiger partial charge in [0.1, 0.15) is 5.57 Å². The van der Waals surface area contributed by atoms with Crippen molar-refractivity contribution >= 4 is 23.2 Å².